The fourth-order valence-electron chi connectivity index (χ4n) is 4.23. The minimum atomic E-state index is 0.279. The number of likely N-dealkylation sites (tertiary alicyclic amines) is 1. The average molecular weight is 276 g/mol. The lowest BCUT2D eigenvalue weighted by Gasteiger charge is -2.47. The van der Waals surface area contributed by atoms with Crippen LogP contribution in [0, 0.1) is 5.92 Å². The van der Waals surface area contributed by atoms with Crippen LogP contribution < -0.4 is 5.73 Å². The maximum Gasteiger partial charge on any atom is 0.122 e. The normalized spacial score (nSPS) is 29.1. The van der Waals surface area contributed by atoms with Gasteiger partial charge in [0.15, 0.2) is 0 Å². The number of furan rings is 1. The van der Waals surface area contributed by atoms with E-state index in [0.717, 1.165) is 29.9 Å². The van der Waals surface area contributed by atoms with E-state index in [1.54, 1.807) is 0 Å². The molecule has 2 aliphatic rings. The van der Waals surface area contributed by atoms with E-state index < -0.39 is 0 Å². The zero-order valence-electron chi connectivity index (χ0n) is 12.7. The zero-order chi connectivity index (χ0) is 13.9. The van der Waals surface area contributed by atoms with Gasteiger partial charge in [0.1, 0.15) is 11.5 Å². The van der Waals surface area contributed by atoms with Gasteiger partial charge in [0, 0.05) is 19.0 Å². The monoisotopic (exact) mass is 276 g/mol. The van der Waals surface area contributed by atoms with Gasteiger partial charge in [-0.25, -0.2) is 0 Å². The summed E-state index contributed by atoms with van der Waals surface area (Å²) in [7, 11) is 0. The molecule has 3 atom stereocenters. The van der Waals surface area contributed by atoms with Crippen LogP contribution in [0.2, 0.25) is 0 Å². The van der Waals surface area contributed by atoms with Crippen molar-refractivity contribution in [3.8, 4) is 0 Å². The van der Waals surface area contributed by atoms with Gasteiger partial charge in [0.25, 0.3) is 0 Å². The molecule has 2 N–H and O–H groups in total. The molecule has 2 heterocycles. The molecule has 3 nitrogen and oxygen atoms in total. The maximum absolute atomic E-state index is 6.11. The van der Waals surface area contributed by atoms with Crippen LogP contribution in [0.4, 0.5) is 0 Å². The first kappa shape index (κ1) is 14.2. The summed E-state index contributed by atoms with van der Waals surface area (Å²) >= 11 is 0. The quantitative estimate of drug-likeness (QED) is 0.915. The van der Waals surface area contributed by atoms with Crippen molar-refractivity contribution in [2.45, 2.75) is 64.0 Å². The predicted molar refractivity (Wildman–Crippen MR) is 81.6 cm³/mol. The lowest BCUT2D eigenvalue weighted by molar-refractivity contribution is 0.0204. The Labute approximate surface area is 122 Å². The molecule has 1 aliphatic carbocycles. The SMILES string of the molecule is CCc1ccc(C(CN)N2CCCC3CCCCC32)o1. The Morgan fingerprint density at radius 2 is 2.05 bits per heavy atom. The maximum atomic E-state index is 6.11. The number of fused-ring (bicyclic) bond motifs is 1. The summed E-state index contributed by atoms with van der Waals surface area (Å²) in [5.41, 5.74) is 6.11. The van der Waals surface area contributed by atoms with Crippen molar-refractivity contribution in [2.24, 2.45) is 11.7 Å². The Morgan fingerprint density at radius 1 is 1.25 bits per heavy atom. The second-order valence-electron chi connectivity index (χ2n) is 6.40. The van der Waals surface area contributed by atoms with Crippen molar-refractivity contribution in [2.75, 3.05) is 13.1 Å². The van der Waals surface area contributed by atoms with Crippen LogP contribution in [-0.4, -0.2) is 24.0 Å². The van der Waals surface area contributed by atoms with Crippen LogP contribution in [0.3, 0.4) is 0 Å². The molecule has 1 aliphatic heterocycles. The van der Waals surface area contributed by atoms with E-state index in [1.165, 1.54) is 45.1 Å². The molecule has 2 fully saturated rings. The zero-order valence-corrected chi connectivity index (χ0v) is 12.7. The Hall–Kier alpha value is -0.800. The van der Waals surface area contributed by atoms with E-state index in [2.05, 4.69) is 24.0 Å². The van der Waals surface area contributed by atoms with Gasteiger partial charge in [0.05, 0.1) is 6.04 Å². The van der Waals surface area contributed by atoms with E-state index in [1.807, 2.05) is 0 Å². The second-order valence-corrected chi connectivity index (χ2v) is 6.40. The summed E-state index contributed by atoms with van der Waals surface area (Å²) in [6.07, 6.45) is 9.26. The van der Waals surface area contributed by atoms with E-state index in [4.69, 9.17) is 10.2 Å². The standard InChI is InChI=1S/C17H28N2O/c1-2-14-9-10-17(20-14)16(12-18)19-11-5-7-13-6-3-4-8-15(13)19/h9-10,13,15-16H,2-8,11-12,18H2,1H3. The molecule has 3 heteroatoms. The summed E-state index contributed by atoms with van der Waals surface area (Å²) in [6.45, 7) is 3.99. The molecular weight excluding hydrogens is 248 g/mol. The van der Waals surface area contributed by atoms with E-state index >= 15 is 0 Å². The summed E-state index contributed by atoms with van der Waals surface area (Å²) < 4.78 is 6.00. The Kier molecular flexibility index (Phi) is 4.47. The Bertz CT molecular complexity index is 426. The Balaban J connectivity index is 1.80. The van der Waals surface area contributed by atoms with Gasteiger partial charge in [-0.15, -0.1) is 0 Å². The molecule has 0 spiro atoms. The fourth-order valence-corrected chi connectivity index (χ4v) is 4.23. The van der Waals surface area contributed by atoms with Gasteiger partial charge in [-0.2, -0.15) is 0 Å². The van der Waals surface area contributed by atoms with Crippen LogP contribution in [0.5, 0.6) is 0 Å². The smallest absolute Gasteiger partial charge is 0.122 e. The van der Waals surface area contributed by atoms with Gasteiger partial charge in [-0.1, -0.05) is 19.8 Å². The number of nitrogens with two attached hydrogens (primary N) is 1. The molecule has 1 aromatic rings. The van der Waals surface area contributed by atoms with Crippen molar-refractivity contribution in [3.63, 3.8) is 0 Å². The highest BCUT2D eigenvalue weighted by Gasteiger charge is 2.37. The second kappa shape index (κ2) is 6.31. The molecule has 1 saturated carbocycles. The first-order valence-corrected chi connectivity index (χ1v) is 8.38. The van der Waals surface area contributed by atoms with E-state index in [9.17, 15) is 0 Å². The van der Waals surface area contributed by atoms with Crippen molar-refractivity contribution >= 4 is 0 Å². The average Bonchev–Trinajstić information content (AvgIpc) is 2.97. The summed E-state index contributed by atoms with van der Waals surface area (Å²) in [6, 6.07) is 5.27. The van der Waals surface area contributed by atoms with E-state index in [-0.39, 0.29) is 6.04 Å². The molecule has 112 valence electrons. The highest BCUT2D eigenvalue weighted by atomic mass is 16.3. The summed E-state index contributed by atoms with van der Waals surface area (Å²) in [5.74, 6) is 3.05. The van der Waals surface area contributed by atoms with Crippen molar-refractivity contribution in [3.05, 3.63) is 23.7 Å². The number of nitrogens with zero attached hydrogens (tertiary/aromatic N) is 1. The van der Waals surface area contributed by atoms with Crippen LogP contribution in [0.25, 0.3) is 0 Å². The van der Waals surface area contributed by atoms with Gasteiger partial charge < -0.3 is 10.2 Å². The lowest BCUT2D eigenvalue weighted by atomic mass is 9.77. The van der Waals surface area contributed by atoms with Crippen LogP contribution in [0.15, 0.2) is 16.5 Å². The number of hydrogen-bond donors (Lipinski definition) is 1. The van der Waals surface area contributed by atoms with Gasteiger partial charge in [0.2, 0.25) is 0 Å². The molecule has 0 radical (unpaired) electrons. The topological polar surface area (TPSA) is 42.4 Å². The number of hydrogen-bond acceptors (Lipinski definition) is 3. The molecule has 3 rings (SSSR count). The highest BCUT2D eigenvalue weighted by molar-refractivity contribution is 5.12. The van der Waals surface area contributed by atoms with Gasteiger partial charge in [-0.3, -0.25) is 4.90 Å². The number of rotatable bonds is 4. The van der Waals surface area contributed by atoms with Crippen molar-refractivity contribution < 1.29 is 4.42 Å². The lowest BCUT2D eigenvalue weighted by Crippen LogP contribution is -2.49. The van der Waals surface area contributed by atoms with Crippen LogP contribution in [0.1, 0.15) is 63.0 Å². The molecule has 20 heavy (non-hydrogen) atoms. The van der Waals surface area contributed by atoms with Crippen LogP contribution >= 0.6 is 0 Å². The summed E-state index contributed by atoms with van der Waals surface area (Å²) in [4.78, 5) is 2.66. The minimum Gasteiger partial charge on any atom is -0.464 e. The fraction of sp³-hybridized carbons (Fsp3) is 0.765. The van der Waals surface area contributed by atoms with Gasteiger partial charge in [-0.05, 0) is 50.3 Å². The predicted octanol–water partition coefficient (Wildman–Crippen LogP) is 3.50. The van der Waals surface area contributed by atoms with Crippen molar-refractivity contribution in [1.29, 1.82) is 0 Å². The number of aryl methyl sites for hydroxylation is 1. The summed E-state index contributed by atoms with van der Waals surface area (Å²) in [5, 5.41) is 0. The first-order chi connectivity index (χ1) is 9.83. The molecule has 0 amide bonds. The van der Waals surface area contributed by atoms with E-state index in [0.29, 0.717) is 6.54 Å². The van der Waals surface area contributed by atoms with Gasteiger partial charge >= 0.3 is 0 Å². The van der Waals surface area contributed by atoms with Crippen LogP contribution in [-0.2, 0) is 6.42 Å². The van der Waals surface area contributed by atoms with Crippen molar-refractivity contribution in [1.82, 2.24) is 4.90 Å². The Morgan fingerprint density at radius 3 is 2.80 bits per heavy atom. The molecule has 1 saturated heterocycles. The largest absolute Gasteiger partial charge is 0.464 e. The number of piperidine rings is 1. The molecule has 0 aromatic carbocycles. The highest BCUT2D eigenvalue weighted by Crippen LogP contribution is 2.39. The third-order valence-electron chi connectivity index (χ3n) is 5.27. The third-order valence-corrected chi connectivity index (χ3v) is 5.27. The third kappa shape index (κ3) is 2.66. The minimum absolute atomic E-state index is 0.279. The molecule has 3 unspecified atom stereocenters. The first-order valence-electron chi connectivity index (χ1n) is 8.38. The molecular formula is C17H28N2O. The molecule has 1 aromatic heterocycles. The molecule has 0 bridgehead atoms.